The summed E-state index contributed by atoms with van der Waals surface area (Å²) < 4.78 is 13.1. The maximum absolute atomic E-state index is 13.1. The van der Waals surface area contributed by atoms with Crippen molar-refractivity contribution in [3.05, 3.63) is 40.7 Å². The zero-order chi connectivity index (χ0) is 17.3. The summed E-state index contributed by atoms with van der Waals surface area (Å²) in [5.41, 5.74) is 7.42. The van der Waals surface area contributed by atoms with Gasteiger partial charge in [0.15, 0.2) is 0 Å². The van der Waals surface area contributed by atoms with Crippen LogP contribution < -0.4 is 5.73 Å². The topological polar surface area (TPSA) is 59.2 Å². The van der Waals surface area contributed by atoms with Crippen molar-refractivity contribution < 1.29 is 9.18 Å². The smallest absolute Gasteiger partial charge is 0.266 e. The molecule has 1 aliphatic heterocycles. The molecule has 1 amide bonds. The van der Waals surface area contributed by atoms with Crippen LogP contribution >= 0.6 is 11.3 Å². The summed E-state index contributed by atoms with van der Waals surface area (Å²) in [7, 11) is 0. The van der Waals surface area contributed by atoms with Gasteiger partial charge in [-0.05, 0) is 49.9 Å². The third kappa shape index (κ3) is 3.35. The molecule has 0 saturated carbocycles. The summed E-state index contributed by atoms with van der Waals surface area (Å²) in [6.45, 7) is 5.28. The van der Waals surface area contributed by atoms with Crippen LogP contribution in [0.25, 0.3) is 10.6 Å². The molecule has 3 rings (SSSR count). The van der Waals surface area contributed by atoms with Crippen molar-refractivity contribution in [3.8, 4) is 10.6 Å². The largest absolute Gasteiger partial charge is 0.334 e. The van der Waals surface area contributed by atoms with E-state index in [0.29, 0.717) is 17.3 Å². The normalized spacial score (nSPS) is 21.1. The monoisotopic (exact) mass is 347 g/mol. The van der Waals surface area contributed by atoms with Crippen molar-refractivity contribution in [1.82, 2.24) is 9.88 Å². The van der Waals surface area contributed by atoms with E-state index in [1.165, 1.54) is 23.5 Å². The molecule has 4 nitrogen and oxygen atoms in total. The molecule has 6 heteroatoms. The van der Waals surface area contributed by atoms with Crippen molar-refractivity contribution in [2.24, 2.45) is 11.7 Å². The van der Waals surface area contributed by atoms with Crippen molar-refractivity contribution in [2.45, 2.75) is 32.7 Å². The summed E-state index contributed by atoms with van der Waals surface area (Å²) in [6, 6.07) is 6.28. The number of thiazole rings is 1. The molecule has 2 heterocycles. The molecular formula is C18H22FN3OS. The van der Waals surface area contributed by atoms with Crippen molar-refractivity contribution >= 4 is 17.2 Å². The van der Waals surface area contributed by atoms with Gasteiger partial charge in [0.25, 0.3) is 5.91 Å². The number of nitrogens with zero attached hydrogens (tertiary/aromatic N) is 2. The SMILES string of the molecule is Cc1nc(-c2ccc(F)cc2)sc1C(=O)N1CCC(C)CC1CN. The van der Waals surface area contributed by atoms with E-state index < -0.39 is 0 Å². The molecule has 1 fully saturated rings. The number of carbonyl (C=O) groups excluding carboxylic acids is 1. The first kappa shape index (κ1) is 17.0. The van der Waals surface area contributed by atoms with E-state index in [0.717, 1.165) is 35.7 Å². The first-order valence-electron chi connectivity index (χ1n) is 8.24. The minimum atomic E-state index is -0.281. The average molecular weight is 347 g/mol. The number of piperidine rings is 1. The molecule has 0 aliphatic carbocycles. The minimum Gasteiger partial charge on any atom is -0.334 e. The van der Waals surface area contributed by atoms with E-state index in [4.69, 9.17) is 5.73 Å². The lowest BCUT2D eigenvalue weighted by Crippen LogP contribution is -2.49. The summed E-state index contributed by atoms with van der Waals surface area (Å²) in [6.07, 6.45) is 1.95. The number of hydrogen-bond donors (Lipinski definition) is 1. The Morgan fingerprint density at radius 1 is 1.42 bits per heavy atom. The Bertz CT molecular complexity index is 728. The van der Waals surface area contributed by atoms with Crippen LogP contribution in [-0.2, 0) is 0 Å². The number of aromatic nitrogens is 1. The molecule has 2 N–H and O–H groups in total. The zero-order valence-electron chi connectivity index (χ0n) is 14.0. The lowest BCUT2D eigenvalue weighted by atomic mass is 9.92. The minimum absolute atomic E-state index is 0.0145. The molecule has 2 unspecified atom stereocenters. The van der Waals surface area contributed by atoms with E-state index in [1.54, 1.807) is 12.1 Å². The summed E-state index contributed by atoms with van der Waals surface area (Å²) >= 11 is 1.37. The van der Waals surface area contributed by atoms with Gasteiger partial charge >= 0.3 is 0 Å². The Hall–Kier alpha value is -1.79. The number of amides is 1. The highest BCUT2D eigenvalue weighted by atomic mass is 32.1. The molecule has 0 bridgehead atoms. The fourth-order valence-electron chi connectivity index (χ4n) is 3.18. The van der Waals surface area contributed by atoms with Gasteiger partial charge in [0.1, 0.15) is 15.7 Å². The van der Waals surface area contributed by atoms with Crippen molar-refractivity contribution in [3.63, 3.8) is 0 Å². The highest BCUT2D eigenvalue weighted by Crippen LogP contribution is 2.31. The Morgan fingerprint density at radius 2 is 2.12 bits per heavy atom. The van der Waals surface area contributed by atoms with Gasteiger partial charge in [-0.2, -0.15) is 0 Å². The first-order valence-corrected chi connectivity index (χ1v) is 9.05. The summed E-state index contributed by atoms with van der Waals surface area (Å²) in [4.78, 5) is 20.0. The van der Waals surface area contributed by atoms with Crippen LogP contribution in [0.1, 0.15) is 35.1 Å². The third-order valence-corrected chi connectivity index (χ3v) is 5.79. The predicted molar refractivity (Wildman–Crippen MR) is 94.5 cm³/mol. The van der Waals surface area contributed by atoms with E-state index >= 15 is 0 Å². The number of likely N-dealkylation sites (tertiary alicyclic amines) is 1. The van der Waals surface area contributed by atoms with Gasteiger partial charge < -0.3 is 10.6 Å². The lowest BCUT2D eigenvalue weighted by molar-refractivity contribution is 0.0577. The molecule has 24 heavy (non-hydrogen) atoms. The Labute approximate surface area is 145 Å². The average Bonchev–Trinajstić information content (AvgIpc) is 2.96. The first-order chi connectivity index (χ1) is 11.5. The van der Waals surface area contributed by atoms with Gasteiger partial charge in [-0.1, -0.05) is 6.92 Å². The maximum atomic E-state index is 13.1. The van der Waals surface area contributed by atoms with Crippen LogP contribution in [0.5, 0.6) is 0 Å². The quantitative estimate of drug-likeness (QED) is 0.925. The van der Waals surface area contributed by atoms with Crippen LogP contribution in [0.2, 0.25) is 0 Å². The lowest BCUT2D eigenvalue weighted by Gasteiger charge is -2.37. The number of halogens is 1. The molecular weight excluding hydrogens is 325 g/mol. The highest BCUT2D eigenvalue weighted by Gasteiger charge is 2.31. The molecule has 128 valence electrons. The number of benzene rings is 1. The van der Waals surface area contributed by atoms with Crippen LogP contribution in [0.3, 0.4) is 0 Å². The highest BCUT2D eigenvalue weighted by molar-refractivity contribution is 7.17. The van der Waals surface area contributed by atoms with Gasteiger partial charge in [0.05, 0.1) is 5.69 Å². The van der Waals surface area contributed by atoms with Crippen LogP contribution in [0.4, 0.5) is 4.39 Å². The number of hydrogen-bond acceptors (Lipinski definition) is 4. The predicted octanol–water partition coefficient (Wildman–Crippen LogP) is 3.46. The molecule has 2 atom stereocenters. The molecule has 0 radical (unpaired) electrons. The molecule has 0 spiro atoms. The Morgan fingerprint density at radius 3 is 2.79 bits per heavy atom. The molecule has 1 aromatic heterocycles. The van der Waals surface area contributed by atoms with Crippen LogP contribution in [0, 0.1) is 18.7 Å². The van der Waals surface area contributed by atoms with E-state index in [2.05, 4.69) is 11.9 Å². The standard InChI is InChI=1S/C18H22FN3OS/c1-11-7-8-22(15(9-11)10-20)18(23)16-12(2)21-17(24-16)13-3-5-14(19)6-4-13/h3-6,11,15H,7-10,20H2,1-2H3. The fourth-order valence-corrected chi connectivity index (χ4v) is 4.21. The van der Waals surface area contributed by atoms with E-state index in [1.807, 2.05) is 11.8 Å². The van der Waals surface area contributed by atoms with Gasteiger partial charge in [-0.3, -0.25) is 4.79 Å². The summed E-state index contributed by atoms with van der Waals surface area (Å²) in [5.74, 6) is 0.331. The van der Waals surface area contributed by atoms with Gasteiger partial charge in [0, 0.05) is 24.7 Å². The van der Waals surface area contributed by atoms with Crippen molar-refractivity contribution in [1.29, 1.82) is 0 Å². The number of nitrogens with two attached hydrogens (primary N) is 1. The second-order valence-corrected chi connectivity index (χ2v) is 7.46. The van der Waals surface area contributed by atoms with Crippen LogP contribution in [0.15, 0.2) is 24.3 Å². The summed E-state index contributed by atoms with van der Waals surface area (Å²) in [5, 5.41) is 0.741. The third-order valence-electron chi connectivity index (χ3n) is 4.59. The fraction of sp³-hybridized carbons (Fsp3) is 0.444. The molecule has 1 aliphatic rings. The number of aryl methyl sites for hydroxylation is 1. The van der Waals surface area contributed by atoms with Gasteiger partial charge in [0.2, 0.25) is 0 Å². The molecule has 1 saturated heterocycles. The molecule has 1 aromatic carbocycles. The Kier molecular flexibility index (Phi) is 4.96. The zero-order valence-corrected chi connectivity index (χ0v) is 14.8. The van der Waals surface area contributed by atoms with Gasteiger partial charge in [-0.25, -0.2) is 9.37 Å². The van der Waals surface area contributed by atoms with E-state index in [-0.39, 0.29) is 17.8 Å². The molecule has 2 aromatic rings. The second kappa shape index (κ2) is 6.99. The number of carbonyl (C=O) groups is 1. The van der Waals surface area contributed by atoms with Gasteiger partial charge in [-0.15, -0.1) is 11.3 Å². The second-order valence-electron chi connectivity index (χ2n) is 6.46. The van der Waals surface area contributed by atoms with Crippen molar-refractivity contribution in [2.75, 3.05) is 13.1 Å². The maximum Gasteiger partial charge on any atom is 0.266 e. The Balaban J connectivity index is 1.86. The van der Waals surface area contributed by atoms with E-state index in [9.17, 15) is 9.18 Å². The van der Waals surface area contributed by atoms with Crippen LogP contribution in [-0.4, -0.2) is 34.9 Å². The number of rotatable bonds is 3.